The number of nitrogens with two attached hydrogens (primary N) is 1. The number of carbonyl (C=O) groups excluding carboxylic acids is 1. The summed E-state index contributed by atoms with van der Waals surface area (Å²) in [5.41, 5.74) is 6.54. The molecule has 0 bridgehead atoms. The summed E-state index contributed by atoms with van der Waals surface area (Å²) < 4.78 is 72.8. The van der Waals surface area contributed by atoms with E-state index in [0.717, 1.165) is 25.0 Å². The van der Waals surface area contributed by atoms with Crippen LogP contribution in [0.2, 0.25) is 0 Å². The fourth-order valence-electron chi connectivity index (χ4n) is 5.49. The molecule has 244 valence electrons. The molecule has 2 aliphatic heterocycles. The molecule has 2 N–H and O–H groups in total. The molecule has 1 aromatic heterocycles. The van der Waals surface area contributed by atoms with E-state index < -0.39 is 42.5 Å². The maximum atomic E-state index is 15.5. The first-order valence-corrected chi connectivity index (χ1v) is 15.1. The lowest BCUT2D eigenvalue weighted by Crippen LogP contribution is -2.52. The van der Waals surface area contributed by atoms with Gasteiger partial charge in [-0.3, -0.25) is 4.79 Å². The Kier molecular flexibility index (Phi) is 9.15. The molecule has 3 aliphatic rings. The number of ether oxygens (including phenoxy) is 3. The van der Waals surface area contributed by atoms with Crippen LogP contribution >= 0.6 is 0 Å². The number of aromatic nitrogens is 2. The van der Waals surface area contributed by atoms with E-state index in [1.54, 1.807) is 36.5 Å². The molecule has 1 aliphatic carbocycles. The van der Waals surface area contributed by atoms with Gasteiger partial charge in [0.1, 0.15) is 23.4 Å². The first kappa shape index (κ1) is 31.4. The van der Waals surface area contributed by atoms with E-state index in [-0.39, 0.29) is 17.1 Å². The van der Waals surface area contributed by atoms with Gasteiger partial charge in [0, 0.05) is 62.0 Å². The molecule has 1 saturated heterocycles. The van der Waals surface area contributed by atoms with Gasteiger partial charge in [-0.05, 0) is 56.0 Å². The van der Waals surface area contributed by atoms with Gasteiger partial charge in [0.05, 0.1) is 12.6 Å². The summed E-state index contributed by atoms with van der Waals surface area (Å²) in [4.78, 5) is 28.0. The van der Waals surface area contributed by atoms with E-state index in [0.29, 0.717) is 56.0 Å². The predicted molar refractivity (Wildman–Crippen MR) is 159 cm³/mol. The minimum Gasteiger partial charge on any atom is -0.489 e. The number of carbonyl (C=O) groups is 1. The monoisotopic (exact) mass is 642 g/mol. The molecular weight excluding hydrogens is 608 g/mol. The SMILES string of the molecule is C[C@H](N)C1=CN(C(C(=O)N2CCN(c3ncccn3)CC2)c2ccc(F)cc2F)C(c2ccc(OC(F)F)c(OCC3CC3)c2)O1. The maximum Gasteiger partial charge on any atom is 0.387 e. The fourth-order valence-corrected chi connectivity index (χ4v) is 5.49. The Morgan fingerprint density at radius 3 is 2.43 bits per heavy atom. The van der Waals surface area contributed by atoms with E-state index in [4.69, 9.17) is 19.9 Å². The van der Waals surface area contributed by atoms with Crippen LogP contribution < -0.4 is 20.1 Å². The highest BCUT2D eigenvalue weighted by Gasteiger charge is 2.42. The van der Waals surface area contributed by atoms with E-state index in [1.807, 2.05) is 4.90 Å². The highest BCUT2D eigenvalue weighted by atomic mass is 19.3. The van der Waals surface area contributed by atoms with Crippen molar-refractivity contribution in [3.63, 3.8) is 0 Å². The lowest BCUT2D eigenvalue weighted by atomic mass is 10.0. The van der Waals surface area contributed by atoms with Crippen LogP contribution in [0.1, 0.15) is 43.2 Å². The highest BCUT2D eigenvalue weighted by molar-refractivity contribution is 5.84. The summed E-state index contributed by atoms with van der Waals surface area (Å²) in [7, 11) is 0. The van der Waals surface area contributed by atoms with Gasteiger partial charge in [-0.25, -0.2) is 18.7 Å². The minimum absolute atomic E-state index is 0.0705. The van der Waals surface area contributed by atoms with Crippen molar-refractivity contribution >= 4 is 11.9 Å². The maximum absolute atomic E-state index is 15.5. The van der Waals surface area contributed by atoms with Crippen molar-refractivity contribution < 1.29 is 36.6 Å². The molecule has 46 heavy (non-hydrogen) atoms. The predicted octanol–water partition coefficient (Wildman–Crippen LogP) is 4.75. The number of rotatable bonds is 11. The third-order valence-corrected chi connectivity index (χ3v) is 8.10. The smallest absolute Gasteiger partial charge is 0.387 e. The molecule has 0 radical (unpaired) electrons. The van der Waals surface area contributed by atoms with Crippen molar-refractivity contribution in [2.45, 2.75) is 44.7 Å². The van der Waals surface area contributed by atoms with Gasteiger partial charge < -0.3 is 34.6 Å². The molecule has 10 nitrogen and oxygen atoms in total. The second-order valence-electron chi connectivity index (χ2n) is 11.5. The van der Waals surface area contributed by atoms with Gasteiger partial charge in [0.2, 0.25) is 11.9 Å². The zero-order valence-corrected chi connectivity index (χ0v) is 25.1. The van der Waals surface area contributed by atoms with Crippen LogP contribution in [0.4, 0.5) is 23.5 Å². The Morgan fingerprint density at radius 2 is 1.78 bits per heavy atom. The largest absolute Gasteiger partial charge is 0.489 e. The third kappa shape index (κ3) is 6.96. The number of amides is 1. The first-order valence-electron chi connectivity index (χ1n) is 15.1. The minimum atomic E-state index is -3.07. The molecule has 6 rings (SSSR count). The van der Waals surface area contributed by atoms with E-state index in [9.17, 15) is 18.0 Å². The molecule has 1 saturated carbocycles. The number of alkyl halides is 2. The molecule has 14 heteroatoms. The van der Waals surface area contributed by atoms with Crippen LogP contribution in [0.5, 0.6) is 11.5 Å². The average molecular weight is 643 g/mol. The Balaban J connectivity index is 1.35. The zero-order valence-electron chi connectivity index (χ0n) is 25.1. The summed E-state index contributed by atoms with van der Waals surface area (Å²) in [6.45, 7) is 0.388. The van der Waals surface area contributed by atoms with Crippen LogP contribution in [0.25, 0.3) is 0 Å². The van der Waals surface area contributed by atoms with Crippen LogP contribution in [0.3, 0.4) is 0 Å². The van der Waals surface area contributed by atoms with Gasteiger partial charge in [0.25, 0.3) is 0 Å². The molecule has 3 atom stereocenters. The van der Waals surface area contributed by atoms with E-state index >= 15 is 4.39 Å². The molecule has 2 fully saturated rings. The number of hydrogen-bond donors (Lipinski definition) is 1. The summed E-state index contributed by atoms with van der Waals surface area (Å²) >= 11 is 0. The van der Waals surface area contributed by atoms with Crippen molar-refractivity contribution in [1.29, 1.82) is 0 Å². The Hall–Kier alpha value is -4.59. The van der Waals surface area contributed by atoms with Gasteiger partial charge in [-0.1, -0.05) is 6.07 Å². The van der Waals surface area contributed by atoms with E-state index in [2.05, 4.69) is 9.97 Å². The van der Waals surface area contributed by atoms with Crippen LogP contribution in [-0.2, 0) is 9.53 Å². The topological polar surface area (TPSA) is 106 Å². The number of halogens is 4. The molecule has 1 amide bonds. The Morgan fingerprint density at radius 1 is 1.04 bits per heavy atom. The summed E-state index contributed by atoms with van der Waals surface area (Å²) in [5, 5.41) is 0. The number of piperazine rings is 1. The van der Waals surface area contributed by atoms with Crippen LogP contribution in [0, 0.1) is 17.6 Å². The summed E-state index contributed by atoms with van der Waals surface area (Å²) in [5.74, 6) is -1.05. The zero-order chi connectivity index (χ0) is 32.4. The number of anilines is 1. The second kappa shape index (κ2) is 13.4. The Labute approximate surface area is 263 Å². The molecule has 2 aromatic carbocycles. The van der Waals surface area contributed by atoms with Crippen molar-refractivity contribution in [3.8, 4) is 11.5 Å². The molecule has 3 aromatic rings. The van der Waals surface area contributed by atoms with Gasteiger partial charge in [-0.15, -0.1) is 0 Å². The lowest BCUT2D eigenvalue weighted by Gasteiger charge is -2.39. The van der Waals surface area contributed by atoms with Gasteiger partial charge >= 0.3 is 6.61 Å². The van der Waals surface area contributed by atoms with Gasteiger partial charge in [-0.2, -0.15) is 8.78 Å². The molecular formula is C32H34F4N6O4. The quantitative estimate of drug-likeness (QED) is 0.297. The molecule has 2 unspecified atom stereocenters. The highest BCUT2D eigenvalue weighted by Crippen LogP contribution is 2.43. The molecule has 3 heterocycles. The van der Waals surface area contributed by atoms with Crippen molar-refractivity contribution in [2.24, 2.45) is 11.7 Å². The third-order valence-electron chi connectivity index (χ3n) is 8.10. The first-order chi connectivity index (χ1) is 22.2. The van der Waals surface area contributed by atoms with Crippen LogP contribution in [-0.4, -0.2) is 71.1 Å². The fraction of sp³-hybridized carbons (Fsp3) is 0.406. The van der Waals surface area contributed by atoms with Crippen molar-refractivity contribution in [3.05, 3.63) is 89.6 Å². The lowest BCUT2D eigenvalue weighted by molar-refractivity contribution is -0.139. The molecule has 0 spiro atoms. The van der Waals surface area contributed by atoms with Crippen LogP contribution in [0.15, 0.2) is 66.8 Å². The normalized spacial score (nSPS) is 19.5. The summed E-state index contributed by atoms with van der Waals surface area (Å²) in [6.07, 6.45) is 5.73. The van der Waals surface area contributed by atoms with E-state index in [1.165, 1.54) is 29.2 Å². The second-order valence-corrected chi connectivity index (χ2v) is 11.5. The average Bonchev–Trinajstić information content (AvgIpc) is 3.78. The Bertz CT molecular complexity index is 1570. The van der Waals surface area contributed by atoms with Crippen molar-refractivity contribution in [1.82, 2.24) is 19.8 Å². The standard InChI is InChI=1S/C32H34F4N6O4/c1-19(37)27-17-42(30(45-27)21-5-8-25(46-31(35)36)26(15-21)44-18-20-3-4-20)28(23-7-6-22(33)16-24(23)34)29(43)40-11-13-41(14-12-40)32-38-9-2-10-39-32/h2,5-10,15-17,19-20,28,30-31H,3-4,11-14,18,37H2,1H3/t19-,28?,30?/m0/s1. The van der Waals surface area contributed by atoms with Gasteiger partial charge in [0.15, 0.2) is 17.7 Å². The number of benzene rings is 2. The van der Waals surface area contributed by atoms with Crippen molar-refractivity contribution in [2.75, 3.05) is 37.7 Å². The summed E-state index contributed by atoms with van der Waals surface area (Å²) in [6, 6.07) is 7.22. The number of hydrogen-bond acceptors (Lipinski definition) is 9. The number of nitrogens with zero attached hydrogens (tertiary/aromatic N) is 5.